The Kier molecular flexibility index (Phi) is 3.11. The number of nitrogens with two attached hydrogens (primary N) is 1. The van der Waals surface area contributed by atoms with Gasteiger partial charge in [0.25, 0.3) is 0 Å². The third-order valence-electron chi connectivity index (χ3n) is 3.05. The van der Waals surface area contributed by atoms with Crippen LogP contribution in [0.15, 0.2) is 24.3 Å². The number of para-hydroxylation sites is 2. The summed E-state index contributed by atoms with van der Waals surface area (Å²) in [5.41, 5.74) is 7.97. The van der Waals surface area contributed by atoms with Gasteiger partial charge in [-0.3, -0.25) is 0 Å². The summed E-state index contributed by atoms with van der Waals surface area (Å²) in [6.45, 7) is 2.07. The molecule has 3 nitrogen and oxygen atoms in total. The van der Waals surface area contributed by atoms with Crippen molar-refractivity contribution in [2.75, 3.05) is 30.8 Å². The molecule has 0 radical (unpaired) electrons. The Labute approximate surface area is 90.8 Å². The Morgan fingerprint density at radius 1 is 1.27 bits per heavy atom. The van der Waals surface area contributed by atoms with Crippen LogP contribution in [0, 0.1) is 0 Å². The number of ether oxygens (including phenoxy) is 1. The van der Waals surface area contributed by atoms with E-state index in [-0.39, 0.29) is 0 Å². The van der Waals surface area contributed by atoms with E-state index >= 15 is 0 Å². The van der Waals surface area contributed by atoms with Crippen LogP contribution in [0.5, 0.6) is 0 Å². The molecule has 1 aliphatic rings. The molecule has 1 aliphatic heterocycles. The van der Waals surface area contributed by atoms with E-state index in [4.69, 9.17) is 10.5 Å². The number of nitrogen functional groups attached to an aromatic ring is 1. The third kappa shape index (κ3) is 2.23. The summed E-state index contributed by atoms with van der Waals surface area (Å²) < 4.78 is 5.35. The average molecular weight is 206 g/mol. The van der Waals surface area contributed by atoms with Crippen molar-refractivity contribution in [3.63, 3.8) is 0 Å². The maximum absolute atomic E-state index is 5.95. The van der Waals surface area contributed by atoms with Crippen molar-refractivity contribution in [2.24, 2.45) is 0 Å². The van der Waals surface area contributed by atoms with Crippen LogP contribution < -0.4 is 10.6 Å². The van der Waals surface area contributed by atoms with Crippen LogP contribution >= 0.6 is 0 Å². The number of rotatable bonds is 2. The zero-order valence-corrected chi connectivity index (χ0v) is 9.15. The molecular weight excluding hydrogens is 188 g/mol. The number of anilines is 2. The van der Waals surface area contributed by atoms with Gasteiger partial charge in [0.2, 0.25) is 0 Å². The second-order valence-electron chi connectivity index (χ2n) is 3.98. The number of benzene rings is 1. The van der Waals surface area contributed by atoms with Crippen LogP contribution in [0.1, 0.15) is 12.8 Å². The molecule has 15 heavy (non-hydrogen) atoms. The fourth-order valence-electron chi connectivity index (χ4n) is 2.11. The van der Waals surface area contributed by atoms with E-state index in [1.54, 1.807) is 7.11 Å². The molecule has 3 heteroatoms. The van der Waals surface area contributed by atoms with Crippen molar-refractivity contribution in [3.8, 4) is 0 Å². The van der Waals surface area contributed by atoms with Gasteiger partial charge >= 0.3 is 0 Å². The van der Waals surface area contributed by atoms with Gasteiger partial charge in [-0.05, 0) is 25.0 Å². The summed E-state index contributed by atoms with van der Waals surface area (Å²) in [4.78, 5) is 2.34. The Morgan fingerprint density at radius 2 is 1.93 bits per heavy atom. The molecule has 0 bridgehead atoms. The molecule has 1 aromatic carbocycles. The molecule has 1 aromatic rings. The Balaban J connectivity index is 2.04. The number of methoxy groups -OCH3 is 1. The molecule has 0 amide bonds. The first-order valence-corrected chi connectivity index (χ1v) is 5.43. The molecule has 1 heterocycles. The lowest BCUT2D eigenvalue weighted by Gasteiger charge is -2.33. The molecule has 82 valence electrons. The largest absolute Gasteiger partial charge is 0.397 e. The van der Waals surface area contributed by atoms with Crippen LogP contribution in [0.25, 0.3) is 0 Å². The smallest absolute Gasteiger partial charge is 0.0605 e. The standard InChI is InChI=1S/C12H18N2O/c1-15-10-6-8-14(9-7-10)12-5-3-2-4-11(12)13/h2-5,10H,6-9,13H2,1H3. The Morgan fingerprint density at radius 3 is 2.53 bits per heavy atom. The first kappa shape index (κ1) is 10.3. The van der Waals surface area contributed by atoms with Gasteiger partial charge < -0.3 is 15.4 Å². The first-order valence-electron chi connectivity index (χ1n) is 5.43. The van der Waals surface area contributed by atoms with E-state index in [0.29, 0.717) is 6.10 Å². The highest BCUT2D eigenvalue weighted by molar-refractivity contribution is 5.67. The van der Waals surface area contributed by atoms with Crippen molar-refractivity contribution >= 4 is 11.4 Å². The fourth-order valence-corrected chi connectivity index (χ4v) is 2.11. The van der Waals surface area contributed by atoms with Crippen molar-refractivity contribution in [2.45, 2.75) is 18.9 Å². The summed E-state index contributed by atoms with van der Waals surface area (Å²) >= 11 is 0. The van der Waals surface area contributed by atoms with Crippen molar-refractivity contribution < 1.29 is 4.74 Å². The Bertz CT molecular complexity index is 319. The SMILES string of the molecule is COC1CCN(c2ccccc2N)CC1. The minimum atomic E-state index is 0.422. The van der Waals surface area contributed by atoms with E-state index in [9.17, 15) is 0 Å². The van der Waals surface area contributed by atoms with Gasteiger partial charge in [-0.25, -0.2) is 0 Å². The fraction of sp³-hybridized carbons (Fsp3) is 0.500. The predicted molar refractivity (Wildman–Crippen MR) is 63.1 cm³/mol. The number of hydrogen-bond donors (Lipinski definition) is 1. The van der Waals surface area contributed by atoms with Gasteiger partial charge in [-0.15, -0.1) is 0 Å². The van der Waals surface area contributed by atoms with Gasteiger partial charge in [0.15, 0.2) is 0 Å². The van der Waals surface area contributed by atoms with Gasteiger partial charge in [-0.1, -0.05) is 12.1 Å². The van der Waals surface area contributed by atoms with E-state index in [1.165, 1.54) is 0 Å². The molecule has 2 N–H and O–H groups in total. The lowest BCUT2D eigenvalue weighted by atomic mass is 10.1. The zero-order chi connectivity index (χ0) is 10.7. The normalized spacial score (nSPS) is 18.1. The monoisotopic (exact) mass is 206 g/mol. The topological polar surface area (TPSA) is 38.5 Å². The zero-order valence-electron chi connectivity index (χ0n) is 9.15. The second-order valence-corrected chi connectivity index (χ2v) is 3.98. The van der Waals surface area contributed by atoms with Crippen LogP contribution in [0.4, 0.5) is 11.4 Å². The molecule has 0 aliphatic carbocycles. The lowest BCUT2D eigenvalue weighted by molar-refractivity contribution is 0.0819. The highest BCUT2D eigenvalue weighted by atomic mass is 16.5. The molecule has 0 spiro atoms. The summed E-state index contributed by atoms with van der Waals surface area (Å²) in [6, 6.07) is 8.05. The maximum Gasteiger partial charge on any atom is 0.0605 e. The molecule has 0 atom stereocenters. The van der Waals surface area contributed by atoms with Crippen molar-refractivity contribution in [1.29, 1.82) is 0 Å². The van der Waals surface area contributed by atoms with Crippen LogP contribution in [0.3, 0.4) is 0 Å². The third-order valence-corrected chi connectivity index (χ3v) is 3.05. The van der Waals surface area contributed by atoms with E-state index in [1.807, 2.05) is 18.2 Å². The van der Waals surface area contributed by atoms with Gasteiger partial charge in [0, 0.05) is 20.2 Å². The van der Waals surface area contributed by atoms with Crippen LogP contribution in [-0.2, 0) is 4.74 Å². The molecular formula is C12H18N2O. The second kappa shape index (κ2) is 4.53. The summed E-state index contributed by atoms with van der Waals surface area (Å²) in [5, 5.41) is 0. The quantitative estimate of drug-likeness (QED) is 0.751. The average Bonchev–Trinajstić information content (AvgIpc) is 2.30. The van der Waals surface area contributed by atoms with E-state index in [2.05, 4.69) is 11.0 Å². The minimum Gasteiger partial charge on any atom is -0.397 e. The molecule has 2 rings (SSSR count). The molecule has 0 aromatic heterocycles. The lowest BCUT2D eigenvalue weighted by Crippen LogP contribution is -2.36. The Hall–Kier alpha value is -1.22. The summed E-state index contributed by atoms with van der Waals surface area (Å²) in [5.74, 6) is 0. The van der Waals surface area contributed by atoms with Crippen molar-refractivity contribution in [1.82, 2.24) is 0 Å². The number of piperidine rings is 1. The summed E-state index contributed by atoms with van der Waals surface area (Å²) in [6.07, 6.45) is 2.60. The highest BCUT2D eigenvalue weighted by Gasteiger charge is 2.19. The first-order chi connectivity index (χ1) is 7.31. The van der Waals surface area contributed by atoms with Gasteiger partial charge in [-0.2, -0.15) is 0 Å². The summed E-state index contributed by atoms with van der Waals surface area (Å²) in [7, 11) is 1.79. The number of hydrogen-bond acceptors (Lipinski definition) is 3. The molecule has 1 fully saturated rings. The number of nitrogens with zero attached hydrogens (tertiary/aromatic N) is 1. The van der Waals surface area contributed by atoms with Gasteiger partial charge in [0.1, 0.15) is 0 Å². The molecule has 1 saturated heterocycles. The minimum absolute atomic E-state index is 0.422. The van der Waals surface area contributed by atoms with Crippen LogP contribution in [0.2, 0.25) is 0 Å². The molecule has 0 unspecified atom stereocenters. The van der Waals surface area contributed by atoms with Crippen LogP contribution in [-0.4, -0.2) is 26.3 Å². The van der Waals surface area contributed by atoms with E-state index in [0.717, 1.165) is 37.3 Å². The van der Waals surface area contributed by atoms with E-state index < -0.39 is 0 Å². The van der Waals surface area contributed by atoms with Gasteiger partial charge in [0.05, 0.1) is 17.5 Å². The predicted octanol–water partition coefficient (Wildman–Crippen LogP) is 1.88. The molecule has 0 saturated carbocycles. The maximum atomic E-state index is 5.95. The van der Waals surface area contributed by atoms with Crippen molar-refractivity contribution in [3.05, 3.63) is 24.3 Å². The highest BCUT2D eigenvalue weighted by Crippen LogP contribution is 2.26.